The van der Waals surface area contributed by atoms with E-state index in [1.807, 2.05) is 31.2 Å². The number of ether oxygens (including phenoxy) is 2. The number of benzene rings is 1. The minimum Gasteiger partial charge on any atom is -0.379 e. The van der Waals surface area contributed by atoms with Crippen molar-refractivity contribution in [3.8, 4) is 0 Å². The van der Waals surface area contributed by atoms with Crippen LogP contribution >= 0.6 is 0 Å². The Morgan fingerprint density at radius 2 is 2.04 bits per heavy atom. The molecule has 1 saturated heterocycles. The molecule has 5 nitrogen and oxygen atoms in total. The Labute approximate surface area is 150 Å². The summed E-state index contributed by atoms with van der Waals surface area (Å²) < 4.78 is 10.9. The van der Waals surface area contributed by atoms with Crippen LogP contribution in [0.3, 0.4) is 0 Å². The Bertz CT molecular complexity index is 578. The molecule has 1 atom stereocenters. The molecule has 1 aromatic rings. The van der Waals surface area contributed by atoms with Crippen LogP contribution in [0.1, 0.15) is 50.7 Å². The first kappa shape index (κ1) is 18.4. The van der Waals surface area contributed by atoms with Gasteiger partial charge in [0.1, 0.15) is 0 Å². The Balaban J connectivity index is 1.66. The number of anilines is 1. The minimum atomic E-state index is 0.0191. The second kappa shape index (κ2) is 8.30. The maximum absolute atomic E-state index is 12.8. The van der Waals surface area contributed by atoms with E-state index < -0.39 is 0 Å². The number of hydrogen-bond donors (Lipinski definition) is 1. The van der Waals surface area contributed by atoms with Crippen molar-refractivity contribution < 1.29 is 14.3 Å². The summed E-state index contributed by atoms with van der Waals surface area (Å²) in [6.07, 6.45) is 5.24. The van der Waals surface area contributed by atoms with Crippen molar-refractivity contribution in [3.05, 3.63) is 29.8 Å². The molecule has 1 aliphatic heterocycles. The van der Waals surface area contributed by atoms with Gasteiger partial charge in [-0.25, -0.2) is 0 Å². The van der Waals surface area contributed by atoms with Gasteiger partial charge in [-0.2, -0.15) is 0 Å². The quantitative estimate of drug-likeness (QED) is 0.858. The highest BCUT2D eigenvalue weighted by atomic mass is 16.5. The highest BCUT2D eigenvalue weighted by molar-refractivity contribution is 5.91. The Morgan fingerprint density at radius 3 is 2.72 bits per heavy atom. The van der Waals surface area contributed by atoms with Gasteiger partial charge in [-0.15, -0.1) is 0 Å². The lowest BCUT2D eigenvalue weighted by Crippen LogP contribution is -2.53. The maximum atomic E-state index is 12.8. The van der Waals surface area contributed by atoms with E-state index in [2.05, 4.69) is 10.2 Å². The van der Waals surface area contributed by atoms with Crippen LogP contribution in [0, 0.1) is 0 Å². The van der Waals surface area contributed by atoms with Gasteiger partial charge >= 0.3 is 0 Å². The number of hydrogen-bond acceptors (Lipinski definition) is 4. The number of morpholine rings is 1. The van der Waals surface area contributed by atoms with E-state index in [0.717, 1.165) is 50.4 Å². The largest absolute Gasteiger partial charge is 0.379 e. The monoisotopic (exact) mass is 346 g/mol. The Morgan fingerprint density at radius 1 is 1.32 bits per heavy atom. The Kier molecular flexibility index (Phi) is 6.10. The fourth-order valence-corrected chi connectivity index (χ4v) is 4.19. The molecule has 25 heavy (non-hydrogen) atoms. The summed E-state index contributed by atoms with van der Waals surface area (Å²) in [7, 11) is 1.70. The lowest BCUT2D eigenvalue weighted by molar-refractivity contribution is -0.120. The van der Waals surface area contributed by atoms with Gasteiger partial charge in [-0.05, 0) is 37.5 Å². The fraction of sp³-hybridized carbons (Fsp3) is 0.650. The molecule has 138 valence electrons. The number of nitrogens with zero attached hydrogens (tertiary/aromatic N) is 1. The van der Waals surface area contributed by atoms with Gasteiger partial charge < -0.3 is 14.8 Å². The lowest BCUT2D eigenvalue weighted by Gasteiger charge is -2.43. The molecule has 1 unspecified atom stereocenters. The topological polar surface area (TPSA) is 50.8 Å². The highest BCUT2D eigenvalue weighted by Gasteiger charge is 2.41. The highest BCUT2D eigenvalue weighted by Crippen LogP contribution is 2.38. The molecular formula is C20H30N2O3. The van der Waals surface area contributed by atoms with Crippen LogP contribution in [0.15, 0.2) is 24.3 Å². The second-order valence-corrected chi connectivity index (χ2v) is 7.26. The molecule has 1 N–H and O–H groups in total. The third-order valence-electron chi connectivity index (χ3n) is 5.70. The summed E-state index contributed by atoms with van der Waals surface area (Å²) in [5.41, 5.74) is 1.94. The zero-order valence-electron chi connectivity index (χ0n) is 15.4. The molecule has 2 aliphatic rings. The van der Waals surface area contributed by atoms with Crippen molar-refractivity contribution in [2.75, 3.05) is 38.7 Å². The van der Waals surface area contributed by atoms with E-state index in [1.54, 1.807) is 7.11 Å². The van der Waals surface area contributed by atoms with Crippen LogP contribution in [-0.2, 0) is 14.3 Å². The maximum Gasteiger partial charge on any atom is 0.226 e. The second-order valence-electron chi connectivity index (χ2n) is 7.26. The SMILES string of the molecule is COC(C)c1cccc(NC(=O)CC2(N3CCOCC3)CCCC2)c1. The van der Waals surface area contributed by atoms with Gasteiger partial charge in [-0.1, -0.05) is 25.0 Å². The molecule has 1 saturated carbocycles. The first-order chi connectivity index (χ1) is 12.1. The van der Waals surface area contributed by atoms with Crippen molar-refractivity contribution in [2.24, 2.45) is 0 Å². The first-order valence-electron chi connectivity index (χ1n) is 9.38. The molecule has 1 amide bonds. The zero-order valence-corrected chi connectivity index (χ0v) is 15.4. The van der Waals surface area contributed by atoms with Gasteiger partial charge in [0.25, 0.3) is 0 Å². The molecule has 0 bridgehead atoms. The van der Waals surface area contributed by atoms with Crippen molar-refractivity contribution in [3.63, 3.8) is 0 Å². The van der Waals surface area contributed by atoms with Crippen molar-refractivity contribution in [1.29, 1.82) is 0 Å². The minimum absolute atomic E-state index is 0.0191. The number of methoxy groups -OCH3 is 1. The summed E-state index contributed by atoms with van der Waals surface area (Å²) in [6, 6.07) is 7.94. The summed E-state index contributed by atoms with van der Waals surface area (Å²) in [5, 5.41) is 3.10. The summed E-state index contributed by atoms with van der Waals surface area (Å²) in [4.78, 5) is 15.3. The number of rotatable bonds is 6. The van der Waals surface area contributed by atoms with E-state index in [0.29, 0.717) is 6.42 Å². The third-order valence-corrected chi connectivity index (χ3v) is 5.70. The van der Waals surface area contributed by atoms with Crippen LogP contribution in [-0.4, -0.2) is 49.8 Å². The normalized spacial score (nSPS) is 21.8. The fourth-order valence-electron chi connectivity index (χ4n) is 4.19. The average Bonchev–Trinajstić information content (AvgIpc) is 3.11. The Hall–Kier alpha value is -1.43. The standard InChI is InChI=1S/C20H30N2O3/c1-16(24-2)17-6-5-7-18(14-17)21-19(23)15-20(8-3-4-9-20)22-10-12-25-13-11-22/h5-7,14,16H,3-4,8-13,15H2,1-2H3,(H,21,23). The van der Waals surface area contributed by atoms with E-state index in [1.165, 1.54) is 12.8 Å². The van der Waals surface area contributed by atoms with Crippen LogP contribution in [0.25, 0.3) is 0 Å². The summed E-state index contributed by atoms with van der Waals surface area (Å²) in [6.45, 7) is 5.44. The number of amides is 1. The van der Waals surface area contributed by atoms with E-state index in [-0.39, 0.29) is 17.6 Å². The van der Waals surface area contributed by atoms with Gasteiger partial charge in [-0.3, -0.25) is 9.69 Å². The molecule has 0 radical (unpaired) electrons. The predicted molar refractivity (Wildman–Crippen MR) is 98.7 cm³/mol. The number of carbonyl (C=O) groups excluding carboxylic acids is 1. The van der Waals surface area contributed by atoms with Crippen LogP contribution in [0.5, 0.6) is 0 Å². The van der Waals surface area contributed by atoms with Gasteiger partial charge in [0.05, 0.1) is 19.3 Å². The molecule has 5 heteroatoms. The molecule has 1 aliphatic carbocycles. The number of nitrogens with one attached hydrogen (secondary N) is 1. The van der Waals surface area contributed by atoms with Crippen molar-refractivity contribution in [1.82, 2.24) is 4.90 Å². The first-order valence-corrected chi connectivity index (χ1v) is 9.38. The van der Waals surface area contributed by atoms with Crippen molar-refractivity contribution in [2.45, 2.75) is 50.7 Å². The van der Waals surface area contributed by atoms with Gasteiger partial charge in [0.2, 0.25) is 5.91 Å². The van der Waals surface area contributed by atoms with Crippen molar-refractivity contribution >= 4 is 11.6 Å². The number of carbonyl (C=O) groups is 1. The molecule has 0 spiro atoms. The van der Waals surface area contributed by atoms with Crippen LogP contribution in [0.2, 0.25) is 0 Å². The molecule has 2 fully saturated rings. The zero-order chi connectivity index (χ0) is 17.7. The van der Waals surface area contributed by atoms with Gasteiger partial charge in [0, 0.05) is 37.8 Å². The molecular weight excluding hydrogens is 316 g/mol. The van der Waals surface area contributed by atoms with E-state index >= 15 is 0 Å². The average molecular weight is 346 g/mol. The van der Waals surface area contributed by atoms with Crippen LogP contribution in [0.4, 0.5) is 5.69 Å². The summed E-state index contributed by atoms with van der Waals surface area (Å²) in [5.74, 6) is 0.107. The molecule has 3 rings (SSSR count). The van der Waals surface area contributed by atoms with Crippen LogP contribution < -0.4 is 5.32 Å². The molecule has 1 aromatic carbocycles. The van der Waals surface area contributed by atoms with E-state index in [4.69, 9.17) is 9.47 Å². The molecule has 1 heterocycles. The lowest BCUT2D eigenvalue weighted by atomic mass is 9.90. The van der Waals surface area contributed by atoms with Gasteiger partial charge in [0.15, 0.2) is 0 Å². The van der Waals surface area contributed by atoms with E-state index in [9.17, 15) is 4.79 Å². The smallest absolute Gasteiger partial charge is 0.226 e. The summed E-state index contributed by atoms with van der Waals surface area (Å²) >= 11 is 0. The third kappa shape index (κ3) is 4.40. The predicted octanol–water partition coefficient (Wildman–Crippen LogP) is 3.37. The molecule has 0 aromatic heterocycles.